The summed E-state index contributed by atoms with van der Waals surface area (Å²) in [5.74, 6) is 0.793. The van der Waals surface area contributed by atoms with E-state index in [4.69, 9.17) is 4.74 Å². The van der Waals surface area contributed by atoms with Crippen LogP contribution in [-0.4, -0.2) is 43.7 Å². The number of fused-ring (bicyclic) bond motifs is 1. The van der Waals surface area contributed by atoms with Crippen LogP contribution < -0.4 is 5.32 Å². The minimum absolute atomic E-state index is 0.128. The Morgan fingerprint density at radius 2 is 2.29 bits per heavy atom. The van der Waals surface area contributed by atoms with E-state index in [1.807, 2.05) is 17.0 Å². The Morgan fingerprint density at radius 3 is 3.00 bits per heavy atom. The maximum atomic E-state index is 12.9. The van der Waals surface area contributed by atoms with E-state index in [0.717, 1.165) is 24.2 Å². The first-order valence-corrected chi connectivity index (χ1v) is 7.87. The van der Waals surface area contributed by atoms with Crippen molar-refractivity contribution in [3.63, 3.8) is 0 Å². The third kappa shape index (κ3) is 3.05. The second-order valence-electron chi connectivity index (χ2n) is 6.12. The van der Waals surface area contributed by atoms with Crippen LogP contribution in [0.25, 0.3) is 0 Å². The van der Waals surface area contributed by atoms with Crippen molar-refractivity contribution in [1.82, 2.24) is 4.90 Å². The van der Waals surface area contributed by atoms with Gasteiger partial charge in [-0.25, -0.2) is 0 Å². The molecular weight excluding hydrogens is 264 g/mol. The Balaban J connectivity index is 1.78. The summed E-state index contributed by atoms with van der Waals surface area (Å²) in [6.07, 6.45) is 3.53. The van der Waals surface area contributed by atoms with Gasteiger partial charge in [0.25, 0.3) is 5.91 Å². The van der Waals surface area contributed by atoms with E-state index < -0.39 is 0 Å². The van der Waals surface area contributed by atoms with Crippen LogP contribution in [0, 0.1) is 5.92 Å². The maximum Gasteiger partial charge on any atom is 0.254 e. The van der Waals surface area contributed by atoms with Gasteiger partial charge < -0.3 is 15.0 Å². The number of nitrogens with one attached hydrogen (secondary N) is 1. The first kappa shape index (κ1) is 14.4. The molecular formula is C17H24N2O2. The minimum atomic E-state index is 0.128. The van der Waals surface area contributed by atoms with Gasteiger partial charge in [0.15, 0.2) is 0 Å². The highest BCUT2D eigenvalue weighted by atomic mass is 16.5. The summed E-state index contributed by atoms with van der Waals surface area (Å²) in [5, 5.41) is 3.35. The molecule has 1 N–H and O–H groups in total. The summed E-state index contributed by atoms with van der Waals surface area (Å²) in [5.41, 5.74) is 3.21. The number of anilines is 1. The highest BCUT2D eigenvalue weighted by Crippen LogP contribution is 2.35. The van der Waals surface area contributed by atoms with Crippen molar-refractivity contribution in [2.45, 2.75) is 32.2 Å². The van der Waals surface area contributed by atoms with Crippen LogP contribution in [0.3, 0.4) is 0 Å². The molecule has 0 aromatic heterocycles. The lowest BCUT2D eigenvalue weighted by molar-refractivity contribution is 0.0594. The third-order valence-electron chi connectivity index (χ3n) is 4.66. The molecule has 0 bridgehead atoms. The molecule has 1 atom stereocenters. The normalized spacial score (nSPS) is 18.0. The van der Waals surface area contributed by atoms with E-state index >= 15 is 0 Å². The van der Waals surface area contributed by atoms with Crippen LogP contribution in [0.15, 0.2) is 18.2 Å². The average molecular weight is 288 g/mol. The van der Waals surface area contributed by atoms with Gasteiger partial charge in [0.2, 0.25) is 0 Å². The lowest BCUT2D eigenvalue weighted by atomic mass is 10.1. The van der Waals surface area contributed by atoms with E-state index in [1.54, 1.807) is 7.11 Å². The van der Waals surface area contributed by atoms with Crippen LogP contribution in [0.4, 0.5) is 5.69 Å². The third-order valence-corrected chi connectivity index (χ3v) is 4.66. The van der Waals surface area contributed by atoms with Gasteiger partial charge in [-0.2, -0.15) is 0 Å². The number of amides is 1. The van der Waals surface area contributed by atoms with Crippen LogP contribution >= 0.6 is 0 Å². The van der Waals surface area contributed by atoms with E-state index in [1.165, 1.54) is 18.4 Å². The van der Waals surface area contributed by atoms with Crippen molar-refractivity contribution in [3.05, 3.63) is 29.3 Å². The monoisotopic (exact) mass is 288 g/mol. The van der Waals surface area contributed by atoms with Crippen molar-refractivity contribution in [1.29, 1.82) is 0 Å². The number of carbonyl (C=O) groups is 1. The molecule has 21 heavy (non-hydrogen) atoms. The van der Waals surface area contributed by atoms with Crippen molar-refractivity contribution >= 4 is 11.6 Å². The molecule has 4 nitrogen and oxygen atoms in total. The van der Waals surface area contributed by atoms with Gasteiger partial charge in [0, 0.05) is 37.5 Å². The van der Waals surface area contributed by atoms with Crippen molar-refractivity contribution < 1.29 is 9.53 Å². The Hall–Kier alpha value is -1.55. The van der Waals surface area contributed by atoms with Crippen molar-refractivity contribution in [3.8, 4) is 0 Å². The van der Waals surface area contributed by atoms with Crippen molar-refractivity contribution in [2.24, 2.45) is 5.92 Å². The molecule has 1 aromatic carbocycles. The molecule has 1 aromatic rings. The van der Waals surface area contributed by atoms with Gasteiger partial charge in [-0.3, -0.25) is 4.79 Å². The molecule has 3 rings (SSSR count). The molecule has 0 spiro atoms. The van der Waals surface area contributed by atoms with E-state index in [2.05, 4.69) is 18.3 Å². The van der Waals surface area contributed by atoms with Gasteiger partial charge in [0.1, 0.15) is 0 Å². The summed E-state index contributed by atoms with van der Waals surface area (Å²) in [6.45, 7) is 4.39. The Kier molecular flexibility index (Phi) is 4.15. The van der Waals surface area contributed by atoms with Crippen molar-refractivity contribution in [2.75, 3.05) is 32.1 Å². The average Bonchev–Trinajstić information content (AvgIpc) is 3.24. The molecule has 1 amide bonds. The Bertz CT molecular complexity index is 526. The fourth-order valence-corrected chi connectivity index (χ4v) is 3.10. The van der Waals surface area contributed by atoms with Gasteiger partial charge in [-0.15, -0.1) is 0 Å². The lowest BCUT2D eigenvalue weighted by Crippen LogP contribution is -2.42. The largest absolute Gasteiger partial charge is 0.384 e. The number of hydrogen-bond donors (Lipinski definition) is 1. The van der Waals surface area contributed by atoms with Crippen LogP contribution in [-0.2, 0) is 11.2 Å². The molecule has 2 aliphatic rings. The predicted molar refractivity (Wildman–Crippen MR) is 83.7 cm³/mol. The number of benzene rings is 1. The topological polar surface area (TPSA) is 41.6 Å². The fourth-order valence-electron chi connectivity index (χ4n) is 3.10. The van der Waals surface area contributed by atoms with Crippen LogP contribution in [0.5, 0.6) is 0 Å². The number of hydrogen-bond acceptors (Lipinski definition) is 3. The first-order valence-electron chi connectivity index (χ1n) is 7.87. The Labute approximate surface area is 126 Å². The second kappa shape index (κ2) is 6.06. The van der Waals surface area contributed by atoms with Gasteiger partial charge in [0.05, 0.1) is 6.61 Å². The summed E-state index contributed by atoms with van der Waals surface area (Å²) < 4.78 is 5.18. The zero-order valence-corrected chi connectivity index (χ0v) is 12.9. The van der Waals surface area contributed by atoms with Gasteiger partial charge >= 0.3 is 0 Å². The van der Waals surface area contributed by atoms with Crippen LogP contribution in [0.1, 0.15) is 35.7 Å². The number of carbonyl (C=O) groups excluding carboxylic acids is 1. The molecule has 1 unspecified atom stereocenters. The standard InChI is InChI=1S/C17H24N2O2/c1-12(13-3-4-13)19(9-10-21-2)17(20)15-6-5-14-7-8-18-16(14)11-15/h5-6,11-13,18H,3-4,7-10H2,1-2H3. The smallest absolute Gasteiger partial charge is 0.254 e. The fraction of sp³-hybridized carbons (Fsp3) is 0.588. The molecule has 1 aliphatic carbocycles. The van der Waals surface area contributed by atoms with Gasteiger partial charge in [-0.05, 0) is 49.8 Å². The molecule has 0 saturated heterocycles. The zero-order chi connectivity index (χ0) is 14.8. The lowest BCUT2D eigenvalue weighted by Gasteiger charge is -2.29. The molecule has 1 saturated carbocycles. The number of ether oxygens (including phenoxy) is 1. The molecule has 1 aliphatic heterocycles. The molecule has 4 heteroatoms. The van der Waals surface area contributed by atoms with E-state index in [0.29, 0.717) is 25.1 Å². The summed E-state index contributed by atoms with van der Waals surface area (Å²) in [4.78, 5) is 14.9. The quantitative estimate of drug-likeness (QED) is 0.874. The van der Waals surface area contributed by atoms with E-state index in [-0.39, 0.29) is 5.91 Å². The highest BCUT2D eigenvalue weighted by molar-refractivity contribution is 5.95. The van der Waals surface area contributed by atoms with Gasteiger partial charge in [-0.1, -0.05) is 6.07 Å². The SMILES string of the molecule is COCCN(C(=O)c1ccc2c(c1)NCC2)C(C)C1CC1. The molecule has 1 heterocycles. The number of nitrogens with zero attached hydrogens (tertiary/aromatic N) is 1. The summed E-state index contributed by atoms with van der Waals surface area (Å²) in [7, 11) is 1.68. The summed E-state index contributed by atoms with van der Waals surface area (Å²) in [6, 6.07) is 6.35. The maximum absolute atomic E-state index is 12.9. The first-order chi connectivity index (χ1) is 10.2. The second-order valence-corrected chi connectivity index (χ2v) is 6.12. The highest BCUT2D eigenvalue weighted by Gasteiger charge is 2.34. The molecule has 1 fully saturated rings. The number of rotatable bonds is 6. The zero-order valence-electron chi connectivity index (χ0n) is 12.9. The van der Waals surface area contributed by atoms with E-state index in [9.17, 15) is 4.79 Å². The van der Waals surface area contributed by atoms with Crippen LogP contribution in [0.2, 0.25) is 0 Å². The molecule has 114 valence electrons. The predicted octanol–water partition coefficient (Wildman–Crippen LogP) is 2.54. The molecule has 0 radical (unpaired) electrons. The number of methoxy groups -OCH3 is 1. The summed E-state index contributed by atoms with van der Waals surface area (Å²) >= 11 is 0. The Morgan fingerprint density at radius 1 is 1.48 bits per heavy atom. The minimum Gasteiger partial charge on any atom is -0.384 e.